The Balaban J connectivity index is 1.67. The number of halogens is 2. The molecule has 3 rings (SSSR count). The van der Waals surface area contributed by atoms with Gasteiger partial charge in [0.05, 0.1) is 24.3 Å². The van der Waals surface area contributed by atoms with Gasteiger partial charge in [-0.2, -0.15) is 24.1 Å². The van der Waals surface area contributed by atoms with Gasteiger partial charge in [0.1, 0.15) is 0 Å². The molecule has 1 saturated heterocycles. The van der Waals surface area contributed by atoms with Gasteiger partial charge >= 0.3 is 11.3 Å². The number of aryl methyl sites for hydroxylation is 1. The van der Waals surface area contributed by atoms with Crippen LogP contribution in [-0.2, 0) is 16.4 Å². The second-order valence-corrected chi connectivity index (χ2v) is 8.34. The summed E-state index contributed by atoms with van der Waals surface area (Å²) in [5.74, 6) is -1.38. The van der Waals surface area contributed by atoms with Crippen molar-refractivity contribution in [1.82, 2.24) is 24.9 Å². The van der Waals surface area contributed by atoms with Crippen LogP contribution in [0.25, 0.3) is 0 Å². The number of amides is 2. The highest BCUT2D eigenvalue weighted by Gasteiger charge is 2.54. The first-order valence-electron chi connectivity index (χ1n) is 8.74. The molecule has 2 aromatic heterocycles. The van der Waals surface area contributed by atoms with Crippen molar-refractivity contribution in [3.8, 4) is 0 Å². The molecule has 0 radical (unpaired) electrons. The van der Waals surface area contributed by atoms with E-state index in [9.17, 15) is 22.0 Å². The molecule has 12 heteroatoms. The molecule has 2 aromatic rings. The Bertz CT molecular complexity index is 927. The average molecular weight is 414 g/mol. The van der Waals surface area contributed by atoms with Crippen LogP contribution >= 0.6 is 0 Å². The number of alkyl halides is 2. The van der Waals surface area contributed by atoms with Crippen LogP contribution in [0.5, 0.6) is 0 Å². The predicted octanol–water partition coefficient (Wildman–Crippen LogP) is 2.00. The third kappa shape index (κ3) is 3.68. The highest BCUT2D eigenvalue weighted by Crippen LogP contribution is 2.40. The van der Waals surface area contributed by atoms with E-state index in [1.54, 1.807) is 13.0 Å². The largest absolute Gasteiger partial charge is 0.354 e. The first-order valence-corrected chi connectivity index (χ1v) is 10.2. The van der Waals surface area contributed by atoms with Gasteiger partial charge < -0.3 is 10.2 Å². The SMILES string of the molecule is CCn1nccc1S(=O)(=O)C(F)(F)C1CCN(C(=O)Nc2ccnnc2)CC1. The van der Waals surface area contributed by atoms with Crippen LogP contribution in [0.2, 0.25) is 0 Å². The molecule has 2 amide bonds. The van der Waals surface area contributed by atoms with Crippen LogP contribution in [-0.4, -0.2) is 57.7 Å². The minimum atomic E-state index is -4.89. The Morgan fingerprint density at radius 2 is 1.96 bits per heavy atom. The minimum Gasteiger partial charge on any atom is -0.325 e. The van der Waals surface area contributed by atoms with Crippen molar-refractivity contribution in [2.75, 3.05) is 18.4 Å². The van der Waals surface area contributed by atoms with Crippen molar-refractivity contribution >= 4 is 21.6 Å². The molecular weight excluding hydrogens is 394 g/mol. The summed E-state index contributed by atoms with van der Waals surface area (Å²) >= 11 is 0. The maximum atomic E-state index is 14.9. The summed E-state index contributed by atoms with van der Waals surface area (Å²) in [4.78, 5) is 13.6. The number of carbonyl (C=O) groups excluding carboxylic acids is 1. The molecule has 0 spiro atoms. The number of likely N-dealkylation sites (tertiary alicyclic amines) is 1. The van der Waals surface area contributed by atoms with E-state index in [0.29, 0.717) is 5.69 Å². The van der Waals surface area contributed by atoms with Gasteiger partial charge in [0.15, 0.2) is 5.03 Å². The molecule has 0 bridgehead atoms. The molecule has 0 aliphatic carbocycles. The second kappa shape index (κ2) is 7.78. The van der Waals surface area contributed by atoms with Crippen molar-refractivity contribution < 1.29 is 22.0 Å². The molecular formula is C16H20F2N6O3S. The van der Waals surface area contributed by atoms with E-state index in [4.69, 9.17) is 0 Å². The Kier molecular flexibility index (Phi) is 5.59. The van der Waals surface area contributed by atoms with Crippen molar-refractivity contribution in [2.24, 2.45) is 5.92 Å². The Labute approximate surface area is 160 Å². The molecule has 1 N–H and O–H groups in total. The van der Waals surface area contributed by atoms with Crippen LogP contribution in [0, 0.1) is 5.92 Å². The van der Waals surface area contributed by atoms with E-state index in [0.717, 1.165) is 10.7 Å². The lowest BCUT2D eigenvalue weighted by atomic mass is 9.97. The van der Waals surface area contributed by atoms with Crippen molar-refractivity contribution in [1.29, 1.82) is 0 Å². The van der Waals surface area contributed by atoms with Gasteiger partial charge in [-0.3, -0.25) is 4.68 Å². The van der Waals surface area contributed by atoms with Gasteiger partial charge in [-0.25, -0.2) is 13.2 Å². The van der Waals surface area contributed by atoms with Crippen LogP contribution in [0.3, 0.4) is 0 Å². The topological polar surface area (TPSA) is 110 Å². The Hall–Kier alpha value is -2.63. The summed E-state index contributed by atoms with van der Waals surface area (Å²) in [7, 11) is -4.89. The molecule has 0 unspecified atom stereocenters. The molecule has 9 nitrogen and oxygen atoms in total. The Morgan fingerprint density at radius 3 is 2.57 bits per heavy atom. The average Bonchev–Trinajstić information content (AvgIpc) is 3.18. The summed E-state index contributed by atoms with van der Waals surface area (Å²) < 4.78 is 55.9. The number of anilines is 1. The van der Waals surface area contributed by atoms with Gasteiger partial charge in [0.25, 0.3) is 9.84 Å². The molecule has 3 heterocycles. The van der Waals surface area contributed by atoms with E-state index in [-0.39, 0.29) is 32.5 Å². The van der Waals surface area contributed by atoms with E-state index < -0.39 is 32.1 Å². The van der Waals surface area contributed by atoms with Gasteiger partial charge in [0, 0.05) is 25.6 Å². The zero-order chi connectivity index (χ0) is 20.4. The van der Waals surface area contributed by atoms with E-state index in [1.807, 2.05) is 0 Å². The quantitative estimate of drug-likeness (QED) is 0.801. The predicted molar refractivity (Wildman–Crippen MR) is 95.4 cm³/mol. The summed E-state index contributed by atoms with van der Waals surface area (Å²) in [6.07, 6.45) is 3.70. The number of urea groups is 1. The van der Waals surface area contributed by atoms with Gasteiger partial charge in [0.2, 0.25) is 0 Å². The van der Waals surface area contributed by atoms with Gasteiger partial charge in [-0.15, -0.1) is 0 Å². The lowest BCUT2D eigenvalue weighted by Crippen LogP contribution is -2.47. The highest BCUT2D eigenvalue weighted by atomic mass is 32.2. The number of piperidine rings is 1. The lowest BCUT2D eigenvalue weighted by molar-refractivity contribution is -0.00000346. The summed E-state index contributed by atoms with van der Waals surface area (Å²) in [5.41, 5.74) is 0.433. The number of nitrogens with zero attached hydrogens (tertiary/aromatic N) is 5. The van der Waals surface area contributed by atoms with Crippen LogP contribution < -0.4 is 5.32 Å². The molecule has 1 fully saturated rings. The van der Waals surface area contributed by atoms with Gasteiger partial charge in [-0.1, -0.05) is 0 Å². The number of aromatic nitrogens is 4. The number of hydrogen-bond acceptors (Lipinski definition) is 6. The van der Waals surface area contributed by atoms with Crippen LogP contribution in [0.15, 0.2) is 35.7 Å². The van der Waals surface area contributed by atoms with Crippen LogP contribution in [0.4, 0.5) is 19.3 Å². The molecule has 0 atom stereocenters. The number of nitrogens with one attached hydrogen (secondary N) is 1. The molecule has 28 heavy (non-hydrogen) atoms. The first kappa shape index (κ1) is 20.1. The molecule has 0 saturated carbocycles. The fourth-order valence-corrected chi connectivity index (χ4v) is 4.78. The van der Waals surface area contributed by atoms with Crippen molar-refractivity contribution in [2.45, 2.75) is 36.6 Å². The zero-order valence-electron chi connectivity index (χ0n) is 15.1. The standard InChI is InChI=1S/C16H20F2N6O3S/c1-2-24-14(4-8-21-24)28(26,27)16(17,18)12-5-9-23(10-6-12)15(25)22-13-3-7-19-20-11-13/h3-4,7-8,11-12H,2,5-6,9-10H2,1H3,(H,19,22,25). The monoisotopic (exact) mass is 414 g/mol. The third-order valence-corrected chi connectivity index (χ3v) is 6.65. The van der Waals surface area contributed by atoms with Crippen LogP contribution in [0.1, 0.15) is 19.8 Å². The summed E-state index contributed by atoms with van der Waals surface area (Å²) in [6.45, 7) is 1.83. The van der Waals surface area contributed by atoms with Crippen molar-refractivity contribution in [3.05, 3.63) is 30.7 Å². The molecule has 152 valence electrons. The Morgan fingerprint density at radius 1 is 1.25 bits per heavy atom. The number of rotatable bonds is 5. The number of sulfone groups is 1. The zero-order valence-corrected chi connectivity index (χ0v) is 15.9. The normalized spacial score (nSPS) is 16.2. The molecule has 0 aromatic carbocycles. The van der Waals surface area contributed by atoms with Crippen molar-refractivity contribution in [3.63, 3.8) is 0 Å². The number of carbonyl (C=O) groups is 1. The smallest absolute Gasteiger partial charge is 0.325 e. The first-order chi connectivity index (χ1) is 13.3. The minimum absolute atomic E-state index is 0.0210. The fraction of sp³-hybridized carbons (Fsp3) is 0.500. The molecule has 1 aliphatic heterocycles. The highest BCUT2D eigenvalue weighted by molar-refractivity contribution is 7.92. The third-order valence-electron chi connectivity index (χ3n) is 4.70. The van der Waals surface area contributed by atoms with Gasteiger partial charge in [-0.05, 0) is 31.9 Å². The van der Waals surface area contributed by atoms with E-state index >= 15 is 0 Å². The van der Waals surface area contributed by atoms with E-state index in [2.05, 4.69) is 20.6 Å². The summed E-state index contributed by atoms with van der Waals surface area (Å²) in [6, 6.07) is 2.18. The lowest BCUT2D eigenvalue weighted by Gasteiger charge is -2.35. The maximum absolute atomic E-state index is 14.9. The maximum Gasteiger partial charge on any atom is 0.354 e. The molecule has 1 aliphatic rings. The van der Waals surface area contributed by atoms with E-state index in [1.165, 1.54) is 23.5 Å². The fourth-order valence-electron chi connectivity index (χ4n) is 3.13. The number of hydrogen-bond donors (Lipinski definition) is 1. The summed E-state index contributed by atoms with van der Waals surface area (Å²) in [5, 5.41) is 9.16. The second-order valence-electron chi connectivity index (χ2n) is 6.37.